The van der Waals surface area contributed by atoms with Crippen LogP contribution in [0.2, 0.25) is 0 Å². The van der Waals surface area contributed by atoms with Crippen LogP contribution in [0.15, 0.2) is 17.5 Å². The molecule has 2 heterocycles. The van der Waals surface area contributed by atoms with Crippen LogP contribution in [0, 0.1) is 0 Å². The zero-order valence-corrected chi connectivity index (χ0v) is 9.52. The molecule has 14 heavy (non-hydrogen) atoms. The lowest BCUT2D eigenvalue weighted by Gasteiger charge is -2.33. The molecule has 1 saturated heterocycles. The molecule has 1 aromatic rings. The fourth-order valence-electron chi connectivity index (χ4n) is 1.92. The van der Waals surface area contributed by atoms with Crippen molar-refractivity contribution in [2.24, 2.45) is 0 Å². The van der Waals surface area contributed by atoms with Gasteiger partial charge in [0.15, 0.2) is 0 Å². The fourth-order valence-corrected chi connectivity index (χ4v) is 2.62. The molecule has 1 aromatic heterocycles. The van der Waals surface area contributed by atoms with Crippen molar-refractivity contribution in [1.82, 2.24) is 10.2 Å². The molecule has 2 rings (SSSR count). The quantitative estimate of drug-likeness (QED) is 0.815. The van der Waals surface area contributed by atoms with Gasteiger partial charge < -0.3 is 5.32 Å². The molecule has 2 nitrogen and oxygen atoms in total. The topological polar surface area (TPSA) is 15.3 Å². The predicted octanol–water partition coefficient (Wildman–Crippen LogP) is 1.58. The number of hydrogen-bond donors (Lipinski definition) is 1. The number of thiophene rings is 1. The maximum absolute atomic E-state index is 3.42. The van der Waals surface area contributed by atoms with Crippen molar-refractivity contribution in [3.05, 3.63) is 22.4 Å². The zero-order valence-electron chi connectivity index (χ0n) is 8.70. The Morgan fingerprint density at radius 3 is 3.29 bits per heavy atom. The minimum Gasteiger partial charge on any atom is -0.314 e. The van der Waals surface area contributed by atoms with E-state index in [2.05, 4.69) is 34.7 Å². The van der Waals surface area contributed by atoms with Crippen molar-refractivity contribution in [1.29, 1.82) is 0 Å². The Kier molecular flexibility index (Phi) is 3.56. The minimum atomic E-state index is 0.698. The second kappa shape index (κ2) is 4.91. The van der Waals surface area contributed by atoms with Crippen LogP contribution >= 0.6 is 11.3 Å². The zero-order chi connectivity index (χ0) is 9.80. The van der Waals surface area contributed by atoms with Crippen LogP contribution in [-0.2, 0) is 6.42 Å². The minimum absolute atomic E-state index is 0.698. The highest BCUT2D eigenvalue weighted by Gasteiger charge is 2.16. The van der Waals surface area contributed by atoms with Gasteiger partial charge in [0.2, 0.25) is 0 Å². The molecular weight excluding hydrogens is 192 g/mol. The van der Waals surface area contributed by atoms with Gasteiger partial charge in [0.1, 0.15) is 0 Å². The monoisotopic (exact) mass is 210 g/mol. The van der Waals surface area contributed by atoms with E-state index in [0.717, 1.165) is 13.1 Å². The Hall–Kier alpha value is -0.380. The molecule has 0 spiro atoms. The molecule has 1 fully saturated rings. The summed E-state index contributed by atoms with van der Waals surface area (Å²) in [7, 11) is 0. The molecule has 78 valence electrons. The van der Waals surface area contributed by atoms with Crippen LogP contribution in [0.1, 0.15) is 11.8 Å². The van der Waals surface area contributed by atoms with Gasteiger partial charge >= 0.3 is 0 Å². The molecule has 0 aromatic carbocycles. The van der Waals surface area contributed by atoms with E-state index in [1.54, 1.807) is 0 Å². The van der Waals surface area contributed by atoms with Gasteiger partial charge in [-0.15, -0.1) is 11.3 Å². The molecule has 0 aliphatic carbocycles. The van der Waals surface area contributed by atoms with Crippen LogP contribution in [-0.4, -0.2) is 37.1 Å². The lowest BCUT2D eigenvalue weighted by Crippen LogP contribution is -2.50. The maximum Gasteiger partial charge on any atom is 0.0193 e. The Balaban J connectivity index is 1.79. The first-order chi connectivity index (χ1) is 6.86. The van der Waals surface area contributed by atoms with E-state index in [1.165, 1.54) is 24.4 Å². The van der Waals surface area contributed by atoms with Crippen LogP contribution in [0.4, 0.5) is 0 Å². The van der Waals surface area contributed by atoms with Crippen molar-refractivity contribution in [2.75, 3.05) is 26.2 Å². The number of piperazine rings is 1. The van der Waals surface area contributed by atoms with Gasteiger partial charge in [-0.05, 0) is 24.8 Å². The molecule has 1 N–H and O–H groups in total. The summed E-state index contributed by atoms with van der Waals surface area (Å²) in [6.07, 6.45) is 1.21. The molecule has 3 heteroatoms. The molecule has 1 atom stereocenters. The average molecular weight is 210 g/mol. The van der Waals surface area contributed by atoms with Crippen molar-refractivity contribution in [3.63, 3.8) is 0 Å². The highest BCUT2D eigenvalue weighted by Crippen LogP contribution is 2.11. The Labute approximate surface area is 89.9 Å². The van der Waals surface area contributed by atoms with E-state index in [9.17, 15) is 0 Å². The summed E-state index contributed by atoms with van der Waals surface area (Å²) in [4.78, 5) is 4.09. The third kappa shape index (κ3) is 2.56. The first kappa shape index (κ1) is 10.1. The van der Waals surface area contributed by atoms with Gasteiger partial charge in [-0.3, -0.25) is 4.90 Å². The summed E-state index contributed by atoms with van der Waals surface area (Å²) in [6.45, 7) is 7.01. The molecule has 1 aliphatic rings. The number of nitrogens with one attached hydrogen (secondary N) is 1. The van der Waals surface area contributed by atoms with E-state index in [0.29, 0.717) is 6.04 Å². The van der Waals surface area contributed by atoms with E-state index in [-0.39, 0.29) is 0 Å². The third-order valence-corrected chi connectivity index (χ3v) is 3.80. The molecule has 0 amide bonds. The number of hydrogen-bond acceptors (Lipinski definition) is 3. The second-order valence-corrected chi connectivity index (χ2v) is 4.95. The first-order valence-electron chi connectivity index (χ1n) is 5.33. The summed E-state index contributed by atoms with van der Waals surface area (Å²) in [5.41, 5.74) is 0. The number of nitrogens with zero attached hydrogens (tertiary/aromatic N) is 1. The van der Waals surface area contributed by atoms with Crippen LogP contribution < -0.4 is 5.32 Å². The van der Waals surface area contributed by atoms with Crippen molar-refractivity contribution >= 4 is 11.3 Å². The van der Waals surface area contributed by atoms with E-state index >= 15 is 0 Å². The van der Waals surface area contributed by atoms with Crippen molar-refractivity contribution in [2.45, 2.75) is 19.4 Å². The van der Waals surface area contributed by atoms with Crippen molar-refractivity contribution in [3.8, 4) is 0 Å². The smallest absolute Gasteiger partial charge is 0.0193 e. The largest absolute Gasteiger partial charge is 0.314 e. The molecule has 0 radical (unpaired) electrons. The van der Waals surface area contributed by atoms with Gasteiger partial charge in [-0.25, -0.2) is 0 Å². The highest BCUT2D eigenvalue weighted by atomic mass is 32.1. The summed E-state index contributed by atoms with van der Waals surface area (Å²) in [5.74, 6) is 0. The van der Waals surface area contributed by atoms with Gasteiger partial charge in [0, 0.05) is 37.1 Å². The normalized spacial score (nSPS) is 23.9. The SMILES string of the molecule is CC1CNCCN1CCc1cccs1. The first-order valence-corrected chi connectivity index (χ1v) is 6.21. The Morgan fingerprint density at radius 2 is 2.57 bits per heavy atom. The Bertz CT molecular complexity index is 258. The summed E-state index contributed by atoms with van der Waals surface area (Å²) in [5, 5.41) is 5.58. The van der Waals surface area contributed by atoms with Crippen LogP contribution in [0.3, 0.4) is 0 Å². The maximum atomic E-state index is 3.42. The van der Waals surface area contributed by atoms with Gasteiger partial charge in [0.25, 0.3) is 0 Å². The Morgan fingerprint density at radius 1 is 1.64 bits per heavy atom. The van der Waals surface area contributed by atoms with Gasteiger partial charge in [-0.1, -0.05) is 6.07 Å². The summed E-state index contributed by atoms with van der Waals surface area (Å²) in [6, 6.07) is 5.07. The third-order valence-electron chi connectivity index (χ3n) is 2.86. The van der Waals surface area contributed by atoms with Gasteiger partial charge in [0.05, 0.1) is 0 Å². The lowest BCUT2D eigenvalue weighted by molar-refractivity contribution is 0.176. The van der Waals surface area contributed by atoms with E-state index in [4.69, 9.17) is 0 Å². The van der Waals surface area contributed by atoms with Crippen LogP contribution in [0.5, 0.6) is 0 Å². The summed E-state index contributed by atoms with van der Waals surface area (Å²) >= 11 is 1.87. The van der Waals surface area contributed by atoms with E-state index in [1.807, 2.05) is 11.3 Å². The fraction of sp³-hybridized carbons (Fsp3) is 0.636. The molecule has 0 bridgehead atoms. The lowest BCUT2D eigenvalue weighted by atomic mass is 10.2. The predicted molar refractivity (Wildman–Crippen MR) is 61.9 cm³/mol. The standard InChI is InChI=1S/C11H18N2S/c1-10-9-12-5-7-13(10)6-4-11-3-2-8-14-11/h2-3,8,10,12H,4-7,9H2,1H3. The molecule has 0 saturated carbocycles. The second-order valence-electron chi connectivity index (χ2n) is 3.92. The summed E-state index contributed by atoms with van der Waals surface area (Å²) < 4.78 is 0. The van der Waals surface area contributed by atoms with E-state index < -0.39 is 0 Å². The van der Waals surface area contributed by atoms with Crippen molar-refractivity contribution < 1.29 is 0 Å². The van der Waals surface area contributed by atoms with Crippen LogP contribution in [0.25, 0.3) is 0 Å². The molecule has 1 aliphatic heterocycles. The molecular formula is C11H18N2S. The number of rotatable bonds is 3. The highest BCUT2D eigenvalue weighted by molar-refractivity contribution is 7.09. The van der Waals surface area contributed by atoms with Gasteiger partial charge in [-0.2, -0.15) is 0 Å². The molecule has 1 unspecified atom stereocenters. The average Bonchev–Trinajstić information content (AvgIpc) is 2.69.